The lowest BCUT2D eigenvalue weighted by Crippen LogP contribution is -2.48. The largest absolute Gasteiger partial charge is 0.508 e. The van der Waals surface area contributed by atoms with Gasteiger partial charge in [0.15, 0.2) is 0 Å². The van der Waals surface area contributed by atoms with Crippen molar-refractivity contribution < 1.29 is 14.6 Å². The van der Waals surface area contributed by atoms with Crippen LogP contribution in [0.5, 0.6) is 5.75 Å². The lowest BCUT2D eigenvalue weighted by molar-refractivity contribution is 0.0430. The smallest absolute Gasteiger partial charge is 0.419 e. The van der Waals surface area contributed by atoms with Crippen molar-refractivity contribution in [3.8, 4) is 5.75 Å². The van der Waals surface area contributed by atoms with Gasteiger partial charge in [-0.15, -0.1) is 0 Å². The molecule has 4 nitrogen and oxygen atoms in total. The van der Waals surface area contributed by atoms with E-state index in [-0.39, 0.29) is 11.8 Å². The Balaban J connectivity index is 1.92. The summed E-state index contributed by atoms with van der Waals surface area (Å²) >= 11 is 0. The molecule has 4 heteroatoms. The fourth-order valence-corrected chi connectivity index (χ4v) is 2.13. The van der Waals surface area contributed by atoms with Crippen molar-refractivity contribution in [2.75, 3.05) is 4.90 Å². The van der Waals surface area contributed by atoms with E-state index in [1.54, 1.807) is 29.2 Å². The molecule has 3 rings (SSSR count). The highest BCUT2D eigenvalue weighted by Crippen LogP contribution is 2.37. The number of phenols is 1. The van der Waals surface area contributed by atoms with E-state index in [1.165, 1.54) is 0 Å². The van der Waals surface area contributed by atoms with Crippen LogP contribution in [0.15, 0.2) is 48.5 Å². The van der Waals surface area contributed by atoms with Crippen LogP contribution < -0.4 is 4.90 Å². The summed E-state index contributed by atoms with van der Waals surface area (Å²) in [5.41, 5.74) is 2.73. The van der Waals surface area contributed by atoms with Gasteiger partial charge in [-0.1, -0.05) is 12.1 Å². The minimum atomic E-state index is -0.421. The Kier molecular flexibility index (Phi) is 2.63. The number of nitrogens with zero attached hydrogens (tertiary/aromatic N) is 1. The van der Waals surface area contributed by atoms with Crippen molar-refractivity contribution in [1.82, 2.24) is 0 Å². The number of hydrogen-bond acceptors (Lipinski definition) is 3. The Hall–Kier alpha value is -2.49. The molecule has 0 aliphatic carbocycles. The van der Waals surface area contributed by atoms with E-state index < -0.39 is 6.23 Å². The second-order valence-electron chi connectivity index (χ2n) is 4.54. The van der Waals surface area contributed by atoms with E-state index in [0.717, 1.165) is 16.8 Å². The quantitative estimate of drug-likeness (QED) is 0.895. The first-order valence-corrected chi connectivity index (χ1v) is 6.00. The topological polar surface area (TPSA) is 49.8 Å². The van der Waals surface area contributed by atoms with E-state index in [9.17, 15) is 9.90 Å². The average Bonchev–Trinajstić information content (AvgIpc) is 2.37. The molecule has 0 radical (unpaired) electrons. The molecule has 1 unspecified atom stereocenters. The molecule has 1 aliphatic rings. The van der Waals surface area contributed by atoms with Crippen molar-refractivity contribution in [3.63, 3.8) is 0 Å². The highest BCUT2D eigenvalue weighted by Gasteiger charge is 2.40. The Morgan fingerprint density at radius 2 is 1.89 bits per heavy atom. The number of cyclic esters (lactones) is 1. The normalized spacial score (nSPS) is 17.8. The van der Waals surface area contributed by atoms with Gasteiger partial charge in [-0.2, -0.15) is 0 Å². The van der Waals surface area contributed by atoms with E-state index in [0.29, 0.717) is 0 Å². The number of anilines is 1. The van der Waals surface area contributed by atoms with Crippen LogP contribution in [-0.4, -0.2) is 11.2 Å². The molecule has 1 N–H and O–H groups in total. The summed E-state index contributed by atoms with van der Waals surface area (Å²) in [6.45, 7) is 1.98. The molecule has 1 saturated heterocycles. The first-order valence-electron chi connectivity index (χ1n) is 6.00. The molecule has 1 aliphatic heterocycles. The number of benzene rings is 2. The third-order valence-corrected chi connectivity index (χ3v) is 3.10. The molecular formula is C15H13NO3. The lowest BCUT2D eigenvalue weighted by Gasteiger charge is -2.39. The lowest BCUT2D eigenvalue weighted by atomic mass is 10.1. The van der Waals surface area contributed by atoms with Crippen LogP contribution in [0.1, 0.15) is 17.4 Å². The van der Waals surface area contributed by atoms with Crippen LogP contribution in [0.3, 0.4) is 0 Å². The van der Waals surface area contributed by atoms with Gasteiger partial charge >= 0.3 is 6.09 Å². The van der Waals surface area contributed by atoms with Crippen molar-refractivity contribution in [3.05, 3.63) is 59.7 Å². The molecule has 1 atom stereocenters. The Morgan fingerprint density at radius 1 is 1.16 bits per heavy atom. The molecule has 2 aromatic rings. The van der Waals surface area contributed by atoms with Gasteiger partial charge in [0.2, 0.25) is 6.23 Å². The summed E-state index contributed by atoms with van der Waals surface area (Å²) < 4.78 is 5.18. The number of carbonyl (C=O) groups excluding carboxylic acids is 1. The van der Waals surface area contributed by atoms with Crippen LogP contribution >= 0.6 is 0 Å². The second-order valence-corrected chi connectivity index (χ2v) is 4.54. The van der Waals surface area contributed by atoms with Crippen LogP contribution in [0.25, 0.3) is 0 Å². The van der Waals surface area contributed by atoms with Crippen molar-refractivity contribution in [2.24, 2.45) is 0 Å². The molecule has 0 spiro atoms. The number of aryl methyl sites for hydroxylation is 1. The van der Waals surface area contributed by atoms with E-state index in [4.69, 9.17) is 4.74 Å². The zero-order valence-corrected chi connectivity index (χ0v) is 10.4. The van der Waals surface area contributed by atoms with Gasteiger partial charge in [0.05, 0.1) is 5.69 Å². The van der Waals surface area contributed by atoms with Gasteiger partial charge in [-0.25, -0.2) is 9.69 Å². The van der Waals surface area contributed by atoms with E-state index in [1.807, 2.05) is 31.2 Å². The average molecular weight is 255 g/mol. The third-order valence-electron chi connectivity index (χ3n) is 3.10. The fourth-order valence-electron chi connectivity index (χ4n) is 2.13. The SMILES string of the molecule is Cc1cccc(N2C(=O)OC2c2ccc(O)cc2)c1. The van der Waals surface area contributed by atoms with Crippen molar-refractivity contribution in [1.29, 1.82) is 0 Å². The Bertz CT molecular complexity index is 622. The molecule has 1 amide bonds. The molecule has 0 aromatic heterocycles. The number of carbonyl (C=O) groups is 1. The molecule has 1 fully saturated rings. The predicted octanol–water partition coefficient (Wildman–Crippen LogP) is 3.36. The predicted molar refractivity (Wildman–Crippen MR) is 71.0 cm³/mol. The first kappa shape index (κ1) is 11.6. The third kappa shape index (κ3) is 2.01. The van der Waals surface area contributed by atoms with Gasteiger partial charge in [0.25, 0.3) is 0 Å². The molecule has 96 valence electrons. The highest BCUT2D eigenvalue weighted by molar-refractivity contribution is 5.93. The Morgan fingerprint density at radius 3 is 2.53 bits per heavy atom. The standard InChI is InChI=1S/C15H13NO3/c1-10-3-2-4-12(9-10)16-14(19-15(16)18)11-5-7-13(17)8-6-11/h2-9,14,17H,1H3. The van der Waals surface area contributed by atoms with Gasteiger partial charge in [-0.3, -0.25) is 0 Å². The molecule has 2 aromatic carbocycles. The molecule has 1 heterocycles. The maximum absolute atomic E-state index is 11.6. The molecule has 0 saturated carbocycles. The first-order chi connectivity index (χ1) is 9.15. The number of ether oxygens (including phenoxy) is 1. The summed E-state index contributed by atoms with van der Waals surface area (Å²) in [5.74, 6) is 0.191. The number of phenolic OH excluding ortho intramolecular Hbond substituents is 1. The zero-order valence-electron chi connectivity index (χ0n) is 10.4. The summed E-state index contributed by atoms with van der Waals surface area (Å²) in [4.78, 5) is 13.2. The number of amides is 1. The zero-order chi connectivity index (χ0) is 13.4. The van der Waals surface area contributed by atoms with Gasteiger partial charge < -0.3 is 9.84 Å². The van der Waals surface area contributed by atoms with Crippen LogP contribution in [0.2, 0.25) is 0 Å². The maximum atomic E-state index is 11.6. The number of aromatic hydroxyl groups is 1. The maximum Gasteiger partial charge on any atom is 0.419 e. The van der Waals surface area contributed by atoms with Gasteiger partial charge in [0, 0.05) is 5.56 Å². The summed E-state index contributed by atoms with van der Waals surface area (Å²) in [6.07, 6.45) is -0.779. The summed E-state index contributed by atoms with van der Waals surface area (Å²) in [6, 6.07) is 14.3. The number of hydrogen-bond donors (Lipinski definition) is 1. The van der Waals surface area contributed by atoms with E-state index in [2.05, 4.69) is 0 Å². The van der Waals surface area contributed by atoms with Crippen molar-refractivity contribution >= 4 is 11.8 Å². The van der Waals surface area contributed by atoms with Crippen molar-refractivity contribution in [2.45, 2.75) is 13.2 Å². The summed E-state index contributed by atoms with van der Waals surface area (Å²) in [5, 5.41) is 9.28. The van der Waals surface area contributed by atoms with Crippen LogP contribution in [0.4, 0.5) is 10.5 Å². The van der Waals surface area contributed by atoms with Gasteiger partial charge in [0.1, 0.15) is 5.75 Å². The Labute approximate surface area is 110 Å². The van der Waals surface area contributed by atoms with Crippen LogP contribution in [0, 0.1) is 6.92 Å². The monoisotopic (exact) mass is 255 g/mol. The van der Waals surface area contributed by atoms with Crippen LogP contribution in [-0.2, 0) is 4.74 Å². The molecule has 0 bridgehead atoms. The highest BCUT2D eigenvalue weighted by atomic mass is 16.6. The number of rotatable bonds is 2. The fraction of sp³-hybridized carbons (Fsp3) is 0.133. The van der Waals surface area contributed by atoms with Gasteiger partial charge in [-0.05, 0) is 48.9 Å². The summed E-state index contributed by atoms with van der Waals surface area (Å²) in [7, 11) is 0. The minimum Gasteiger partial charge on any atom is -0.508 e. The molecular weight excluding hydrogens is 242 g/mol. The minimum absolute atomic E-state index is 0.191. The molecule has 19 heavy (non-hydrogen) atoms. The van der Waals surface area contributed by atoms with E-state index >= 15 is 0 Å². The second kappa shape index (κ2) is 4.31.